The SMILES string of the molecule is C#CCCOC(=O)Nc1ccc([As]=O)cc1. The van der Waals surface area contributed by atoms with Crippen LogP contribution in [0.1, 0.15) is 6.42 Å². The van der Waals surface area contributed by atoms with Crippen LogP contribution in [-0.2, 0) is 8.48 Å². The third-order valence-corrected chi connectivity index (χ3v) is 2.77. The first-order chi connectivity index (χ1) is 7.76. The summed E-state index contributed by atoms with van der Waals surface area (Å²) in [5.41, 5.74) is 0.601. The Morgan fingerprint density at radius 3 is 2.69 bits per heavy atom. The molecular weight excluding hydrogens is 269 g/mol. The Balaban J connectivity index is 2.44. The van der Waals surface area contributed by atoms with Crippen molar-refractivity contribution in [1.29, 1.82) is 0 Å². The monoisotopic (exact) mass is 279 g/mol. The third kappa shape index (κ3) is 4.29. The van der Waals surface area contributed by atoms with Crippen LogP contribution in [0.5, 0.6) is 0 Å². The predicted molar refractivity (Wildman–Crippen MR) is 60.9 cm³/mol. The third-order valence-electron chi connectivity index (χ3n) is 1.70. The van der Waals surface area contributed by atoms with Gasteiger partial charge in [0.25, 0.3) is 0 Å². The number of carbonyl (C=O) groups is 1. The number of benzene rings is 1. The number of amides is 1. The van der Waals surface area contributed by atoms with Crippen LogP contribution in [0.3, 0.4) is 0 Å². The number of ether oxygens (including phenoxy) is 1. The second-order valence-electron chi connectivity index (χ2n) is 2.85. The molecule has 0 spiro atoms. The maximum absolute atomic E-state index is 11.2. The molecule has 0 aliphatic rings. The number of carbonyl (C=O) groups excluding carboxylic acids is 1. The maximum atomic E-state index is 11.2. The first-order valence-electron chi connectivity index (χ1n) is 4.57. The van der Waals surface area contributed by atoms with Crippen molar-refractivity contribution in [1.82, 2.24) is 0 Å². The molecule has 0 aliphatic heterocycles. The molecule has 0 aromatic heterocycles. The molecule has 82 valence electrons. The first kappa shape index (κ1) is 12.5. The Morgan fingerprint density at radius 1 is 1.44 bits per heavy atom. The average molecular weight is 279 g/mol. The van der Waals surface area contributed by atoms with E-state index >= 15 is 0 Å². The molecule has 0 saturated heterocycles. The van der Waals surface area contributed by atoms with Crippen molar-refractivity contribution < 1.29 is 13.3 Å². The van der Waals surface area contributed by atoms with Gasteiger partial charge in [0.2, 0.25) is 0 Å². The van der Waals surface area contributed by atoms with Gasteiger partial charge < -0.3 is 0 Å². The van der Waals surface area contributed by atoms with Crippen molar-refractivity contribution in [2.75, 3.05) is 11.9 Å². The van der Waals surface area contributed by atoms with Crippen molar-refractivity contribution in [3.8, 4) is 12.3 Å². The summed E-state index contributed by atoms with van der Waals surface area (Å²) >= 11 is -1.02. The molecule has 0 saturated carbocycles. The van der Waals surface area contributed by atoms with E-state index in [-0.39, 0.29) is 6.61 Å². The molecule has 0 radical (unpaired) electrons. The van der Waals surface area contributed by atoms with Crippen LogP contribution in [0, 0.1) is 12.3 Å². The summed E-state index contributed by atoms with van der Waals surface area (Å²) in [6.45, 7) is 0.200. The van der Waals surface area contributed by atoms with E-state index in [1.165, 1.54) is 0 Å². The molecule has 0 atom stereocenters. The van der Waals surface area contributed by atoms with E-state index in [0.717, 1.165) is 4.35 Å². The van der Waals surface area contributed by atoms with Gasteiger partial charge in [0.05, 0.1) is 0 Å². The van der Waals surface area contributed by atoms with Crippen molar-refractivity contribution in [3.05, 3.63) is 24.3 Å². The summed E-state index contributed by atoms with van der Waals surface area (Å²) < 4.78 is 16.2. The summed E-state index contributed by atoms with van der Waals surface area (Å²) in [6, 6.07) is 6.74. The van der Waals surface area contributed by atoms with Gasteiger partial charge in [-0.1, -0.05) is 0 Å². The first-order valence-corrected chi connectivity index (χ1v) is 6.27. The summed E-state index contributed by atoms with van der Waals surface area (Å²) in [5.74, 6) is 2.37. The summed E-state index contributed by atoms with van der Waals surface area (Å²) in [6.07, 6.45) is 4.86. The van der Waals surface area contributed by atoms with Gasteiger partial charge in [-0.2, -0.15) is 0 Å². The Bertz CT molecular complexity index is 408. The van der Waals surface area contributed by atoms with Gasteiger partial charge in [-0.15, -0.1) is 0 Å². The van der Waals surface area contributed by atoms with E-state index in [1.807, 2.05) is 0 Å². The number of anilines is 1. The minimum atomic E-state index is -1.02. The molecule has 16 heavy (non-hydrogen) atoms. The molecular formula is C11H10AsNO3. The molecule has 1 amide bonds. The quantitative estimate of drug-likeness (QED) is 0.507. The molecule has 4 nitrogen and oxygen atoms in total. The molecule has 0 fully saturated rings. The van der Waals surface area contributed by atoms with Gasteiger partial charge in [-0.25, -0.2) is 0 Å². The number of terminal acetylenes is 1. The number of hydrogen-bond acceptors (Lipinski definition) is 3. The fourth-order valence-electron chi connectivity index (χ4n) is 0.962. The van der Waals surface area contributed by atoms with Crippen LogP contribution >= 0.6 is 0 Å². The van der Waals surface area contributed by atoms with E-state index < -0.39 is 21.8 Å². The molecule has 1 N–H and O–H groups in total. The zero-order valence-electron chi connectivity index (χ0n) is 8.47. The number of rotatable bonds is 4. The standard InChI is InChI=1S/C11H10AsNO3/c1-2-3-8-16-11(14)13-10-6-4-9(12-15)5-7-10/h1,4-7H,3,8H2,(H,13,14). The van der Waals surface area contributed by atoms with Crippen molar-refractivity contribution in [3.63, 3.8) is 0 Å². The van der Waals surface area contributed by atoms with Crippen molar-refractivity contribution >= 4 is 31.8 Å². The van der Waals surface area contributed by atoms with Gasteiger partial charge in [0.15, 0.2) is 0 Å². The summed E-state index contributed by atoms with van der Waals surface area (Å²) in [4.78, 5) is 11.2. The van der Waals surface area contributed by atoms with Gasteiger partial charge in [-0.05, 0) is 0 Å². The predicted octanol–water partition coefficient (Wildman–Crippen LogP) is 0.933. The van der Waals surface area contributed by atoms with E-state index in [2.05, 4.69) is 11.2 Å². The molecule has 0 unspecified atom stereocenters. The molecule has 1 aromatic carbocycles. The zero-order valence-corrected chi connectivity index (χ0v) is 10.3. The molecule has 0 aliphatic carbocycles. The normalized spacial score (nSPS) is 9.44. The summed E-state index contributed by atoms with van der Waals surface area (Å²) in [5, 5.41) is 2.53. The fourth-order valence-corrected chi connectivity index (χ4v) is 1.53. The molecule has 1 rings (SSSR count). The van der Waals surface area contributed by atoms with E-state index in [0.29, 0.717) is 12.1 Å². The number of hydrogen-bond donors (Lipinski definition) is 1. The van der Waals surface area contributed by atoms with Crippen LogP contribution in [0.4, 0.5) is 10.5 Å². The zero-order chi connectivity index (χ0) is 11.8. The van der Waals surface area contributed by atoms with Crippen molar-refractivity contribution in [2.24, 2.45) is 0 Å². The van der Waals surface area contributed by atoms with E-state index in [1.54, 1.807) is 24.3 Å². The molecule has 5 heteroatoms. The average Bonchev–Trinajstić information content (AvgIpc) is 2.30. The van der Waals surface area contributed by atoms with Gasteiger partial charge in [0, 0.05) is 0 Å². The second kappa shape index (κ2) is 6.81. The van der Waals surface area contributed by atoms with Crippen LogP contribution in [0.2, 0.25) is 0 Å². The van der Waals surface area contributed by atoms with E-state index in [9.17, 15) is 8.53 Å². The van der Waals surface area contributed by atoms with Gasteiger partial charge in [-0.3, -0.25) is 0 Å². The van der Waals surface area contributed by atoms with Crippen molar-refractivity contribution in [2.45, 2.75) is 6.42 Å². The van der Waals surface area contributed by atoms with Crippen LogP contribution in [0.15, 0.2) is 24.3 Å². The summed E-state index contributed by atoms with van der Waals surface area (Å²) in [7, 11) is 0. The molecule has 0 heterocycles. The van der Waals surface area contributed by atoms with Gasteiger partial charge >= 0.3 is 100 Å². The molecule has 0 bridgehead atoms. The second-order valence-corrected chi connectivity index (χ2v) is 4.32. The van der Waals surface area contributed by atoms with Crippen LogP contribution in [-0.4, -0.2) is 28.4 Å². The van der Waals surface area contributed by atoms with Crippen LogP contribution in [0.25, 0.3) is 0 Å². The Hall–Kier alpha value is -1.59. The minimum absolute atomic E-state index is 0.200. The van der Waals surface area contributed by atoms with Crippen LogP contribution < -0.4 is 9.67 Å². The Kier molecular flexibility index (Phi) is 5.31. The topological polar surface area (TPSA) is 55.4 Å². The fraction of sp³-hybridized carbons (Fsp3) is 0.182. The Morgan fingerprint density at radius 2 is 2.12 bits per heavy atom. The van der Waals surface area contributed by atoms with Gasteiger partial charge in [0.1, 0.15) is 0 Å². The Labute approximate surface area is 100 Å². The molecule has 1 aromatic rings. The number of nitrogens with one attached hydrogen (secondary N) is 1. The van der Waals surface area contributed by atoms with E-state index in [4.69, 9.17) is 11.2 Å².